The molecule has 0 spiro atoms. The highest BCUT2D eigenvalue weighted by Crippen LogP contribution is 2.29. The zero-order chi connectivity index (χ0) is 25.9. The first-order valence-corrected chi connectivity index (χ1v) is 11.5. The van der Waals surface area contributed by atoms with Gasteiger partial charge in [0.15, 0.2) is 17.1 Å². The van der Waals surface area contributed by atoms with E-state index >= 15 is 0 Å². The standard InChI is InChI=1S/C27H23FN6O3/c1-2-37-22-13-17(9-12-21(22)35)15-31-34-25(29)23(27(36)30-14-16-7-10-18(28)11-8-16)24-26(34)33-20-6-4-3-5-19(20)32-24/h3-13,15,35H,2,14,29H2,1H3,(H,30,36). The van der Waals surface area contributed by atoms with Crippen LogP contribution in [0.3, 0.4) is 0 Å². The van der Waals surface area contributed by atoms with Crippen molar-refractivity contribution in [2.24, 2.45) is 5.10 Å². The van der Waals surface area contributed by atoms with Gasteiger partial charge in [-0.3, -0.25) is 4.79 Å². The minimum absolute atomic E-state index is 0.0161. The van der Waals surface area contributed by atoms with E-state index in [2.05, 4.69) is 20.4 Å². The van der Waals surface area contributed by atoms with Crippen LogP contribution < -0.4 is 15.8 Å². The first-order chi connectivity index (χ1) is 17.9. The van der Waals surface area contributed by atoms with Gasteiger partial charge in [-0.2, -0.15) is 9.78 Å². The van der Waals surface area contributed by atoms with Crippen LogP contribution in [0.2, 0.25) is 0 Å². The number of nitrogens with two attached hydrogens (primary N) is 1. The maximum absolute atomic E-state index is 13.3. The van der Waals surface area contributed by atoms with E-state index < -0.39 is 5.91 Å². The number of benzene rings is 3. The minimum atomic E-state index is -0.464. The van der Waals surface area contributed by atoms with Crippen LogP contribution in [-0.4, -0.2) is 38.5 Å². The maximum Gasteiger partial charge on any atom is 0.257 e. The van der Waals surface area contributed by atoms with Crippen molar-refractivity contribution in [3.8, 4) is 11.5 Å². The lowest BCUT2D eigenvalue weighted by Crippen LogP contribution is -2.23. The third kappa shape index (κ3) is 4.76. The summed E-state index contributed by atoms with van der Waals surface area (Å²) >= 11 is 0. The van der Waals surface area contributed by atoms with Gasteiger partial charge in [-0.1, -0.05) is 24.3 Å². The molecule has 5 rings (SSSR count). The number of nitrogens with one attached hydrogen (secondary N) is 1. The number of amides is 1. The minimum Gasteiger partial charge on any atom is -0.504 e. The van der Waals surface area contributed by atoms with E-state index in [0.29, 0.717) is 40.1 Å². The van der Waals surface area contributed by atoms with Gasteiger partial charge in [-0.05, 0) is 60.5 Å². The fourth-order valence-corrected chi connectivity index (χ4v) is 3.87. The SMILES string of the molecule is CCOc1cc(C=Nn2c(N)c(C(=O)NCc3ccc(F)cc3)c3nc4ccccc4nc32)ccc1O. The van der Waals surface area contributed by atoms with Crippen molar-refractivity contribution in [3.05, 3.63) is 89.2 Å². The van der Waals surface area contributed by atoms with E-state index in [4.69, 9.17) is 10.5 Å². The van der Waals surface area contributed by atoms with Crippen molar-refractivity contribution in [1.82, 2.24) is 20.0 Å². The highest BCUT2D eigenvalue weighted by molar-refractivity contribution is 6.10. The number of hydrogen-bond acceptors (Lipinski definition) is 7. The molecule has 0 unspecified atom stereocenters. The summed E-state index contributed by atoms with van der Waals surface area (Å²) in [6.45, 7) is 2.38. The number of rotatable bonds is 7. The number of anilines is 1. The van der Waals surface area contributed by atoms with Crippen LogP contribution in [0, 0.1) is 5.82 Å². The van der Waals surface area contributed by atoms with Crippen molar-refractivity contribution in [1.29, 1.82) is 0 Å². The number of aromatic hydroxyl groups is 1. The van der Waals surface area contributed by atoms with Crippen LogP contribution in [0.1, 0.15) is 28.4 Å². The molecular weight excluding hydrogens is 475 g/mol. The van der Waals surface area contributed by atoms with Crippen molar-refractivity contribution >= 4 is 40.1 Å². The summed E-state index contributed by atoms with van der Waals surface area (Å²) < 4.78 is 20.0. The Balaban J connectivity index is 1.56. The first kappa shape index (κ1) is 23.7. The Hall–Kier alpha value is -4.99. The van der Waals surface area contributed by atoms with Crippen LogP contribution in [0.15, 0.2) is 71.8 Å². The van der Waals surface area contributed by atoms with E-state index in [9.17, 15) is 14.3 Å². The van der Waals surface area contributed by atoms with Gasteiger partial charge in [0.25, 0.3) is 5.91 Å². The fourth-order valence-electron chi connectivity index (χ4n) is 3.87. The molecule has 9 nitrogen and oxygen atoms in total. The Labute approximate surface area is 211 Å². The number of phenols is 1. The van der Waals surface area contributed by atoms with E-state index in [0.717, 1.165) is 5.56 Å². The average molecular weight is 499 g/mol. The summed E-state index contributed by atoms with van der Waals surface area (Å²) in [7, 11) is 0. The number of carbonyl (C=O) groups is 1. The summed E-state index contributed by atoms with van der Waals surface area (Å²) in [4.78, 5) is 22.6. The van der Waals surface area contributed by atoms with Gasteiger partial charge in [0.1, 0.15) is 22.7 Å². The molecule has 0 bridgehead atoms. The lowest BCUT2D eigenvalue weighted by atomic mass is 10.2. The number of para-hydroxylation sites is 2. The topological polar surface area (TPSA) is 128 Å². The van der Waals surface area contributed by atoms with E-state index in [1.807, 2.05) is 25.1 Å². The number of aromatic nitrogens is 3. The molecule has 0 saturated heterocycles. The van der Waals surface area contributed by atoms with Gasteiger partial charge < -0.3 is 20.9 Å². The Morgan fingerprint density at radius 3 is 2.59 bits per heavy atom. The number of hydrogen-bond donors (Lipinski definition) is 3. The lowest BCUT2D eigenvalue weighted by Gasteiger charge is -2.06. The van der Waals surface area contributed by atoms with Crippen molar-refractivity contribution in [2.45, 2.75) is 13.5 Å². The highest BCUT2D eigenvalue weighted by Gasteiger charge is 2.24. The van der Waals surface area contributed by atoms with E-state index in [-0.39, 0.29) is 29.5 Å². The largest absolute Gasteiger partial charge is 0.504 e. The third-order valence-corrected chi connectivity index (χ3v) is 5.67. The molecule has 0 aliphatic rings. The smallest absolute Gasteiger partial charge is 0.257 e. The molecule has 0 aliphatic heterocycles. The summed E-state index contributed by atoms with van der Waals surface area (Å²) in [5, 5.41) is 17.3. The van der Waals surface area contributed by atoms with Crippen LogP contribution in [-0.2, 0) is 6.54 Å². The van der Waals surface area contributed by atoms with Crippen molar-refractivity contribution < 1.29 is 19.0 Å². The Bertz CT molecular complexity index is 1650. The van der Waals surface area contributed by atoms with Crippen LogP contribution in [0.5, 0.6) is 11.5 Å². The van der Waals surface area contributed by atoms with Crippen molar-refractivity contribution in [3.63, 3.8) is 0 Å². The normalized spacial score (nSPS) is 11.4. The Morgan fingerprint density at radius 1 is 1.14 bits per heavy atom. The number of ether oxygens (including phenoxy) is 1. The number of nitrogen functional groups attached to an aromatic ring is 1. The van der Waals surface area contributed by atoms with Crippen LogP contribution in [0.25, 0.3) is 22.2 Å². The third-order valence-electron chi connectivity index (χ3n) is 5.67. The second-order valence-electron chi connectivity index (χ2n) is 8.17. The zero-order valence-corrected chi connectivity index (χ0v) is 19.9. The number of carbonyl (C=O) groups excluding carboxylic acids is 1. The molecule has 37 heavy (non-hydrogen) atoms. The number of fused-ring (bicyclic) bond motifs is 2. The molecule has 0 radical (unpaired) electrons. The predicted octanol–water partition coefficient (Wildman–Crippen LogP) is 4.22. The van der Waals surface area contributed by atoms with Crippen LogP contribution >= 0.6 is 0 Å². The molecule has 0 aliphatic carbocycles. The number of phenolic OH excluding ortho intramolecular Hbond substituents is 1. The summed E-state index contributed by atoms with van der Waals surface area (Å²) in [5.41, 5.74) is 9.75. The molecule has 0 saturated carbocycles. The molecule has 0 fully saturated rings. The maximum atomic E-state index is 13.3. The lowest BCUT2D eigenvalue weighted by molar-refractivity contribution is 0.0953. The summed E-state index contributed by atoms with van der Waals surface area (Å²) in [6, 6.07) is 17.9. The van der Waals surface area contributed by atoms with Gasteiger partial charge in [-0.15, -0.1) is 0 Å². The van der Waals surface area contributed by atoms with Gasteiger partial charge in [-0.25, -0.2) is 14.4 Å². The van der Waals surface area contributed by atoms with Gasteiger partial charge in [0.05, 0.1) is 23.9 Å². The monoisotopic (exact) mass is 498 g/mol. The Kier molecular flexibility index (Phi) is 6.38. The number of halogens is 1. The van der Waals surface area contributed by atoms with E-state index in [1.165, 1.54) is 29.1 Å². The highest BCUT2D eigenvalue weighted by atomic mass is 19.1. The van der Waals surface area contributed by atoms with Gasteiger partial charge in [0, 0.05) is 6.54 Å². The first-order valence-electron chi connectivity index (χ1n) is 11.5. The average Bonchev–Trinajstić information content (AvgIpc) is 3.17. The predicted molar refractivity (Wildman–Crippen MR) is 139 cm³/mol. The molecule has 1 amide bonds. The summed E-state index contributed by atoms with van der Waals surface area (Å²) in [5.74, 6) is -0.425. The number of nitrogens with zero attached hydrogens (tertiary/aromatic N) is 4. The van der Waals surface area contributed by atoms with E-state index in [1.54, 1.807) is 30.3 Å². The van der Waals surface area contributed by atoms with Crippen LogP contribution in [0.4, 0.5) is 10.2 Å². The van der Waals surface area contributed by atoms with Gasteiger partial charge >= 0.3 is 0 Å². The molecule has 2 aromatic heterocycles. The summed E-state index contributed by atoms with van der Waals surface area (Å²) in [6.07, 6.45) is 1.52. The quantitative estimate of drug-likeness (QED) is 0.288. The zero-order valence-electron chi connectivity index (χ0n) is 19.9. The molecule has 5 aromatic rings. The molecule has 4 N–H and O–H groups in total. The Morgan fingerprint density at radius 2 is 1.86 bits per heavy atom. The fraction of sp³-hybridized carbons (Fsp3) is 0.111. The molecular formula is C27H23FN6O3. The second-order valence-corrected chi connectivity index (χ2v) is 8.17. The molecule has 2 heterocycles. The molecule has 0 atom stereocenters. The van der Waals surface area contributed by atoms with Gasteiger partial charge in [0.2, 0.25) is 0 Å². The van der Waals surface area contributed by atoms with Crippen molar-refractivity contribution in [2.75, 3.05) is 12.3 Å². The second kappa shape index (κ2) is 9.94. The molecule has 10 heteroatoms. The molecule has 3 aromatic carbocycles. The molecule has 186 valence electrons.